The molecule has 2 aromatic rings. The molecule has 2 aromatic carbocycles. The molecule has 4 heteroatoms. The smallest absolute Gasteiger partial charge is 0.146 e. The first-order valence-corrected chi connectivity index (χ1v) is 6.92. The van der Waals surface area contributed by atoms with E-state index in [4.69, 9.17) is 17.3 Å². The molecule has 0 amide bonds. The molecular formula is C16H18ClFN2. The third-order valence-corrected chi connectivity index (χ3v) is 3.59. The van der Waals surface area contributed by atoms with Gasteiger partial charge in [0.1, 0.15) is 5.82 Å². The minimum atomic E-state index is -0.231. The fourth-order valence-corrected chi connectivity index (χ4v) is 2.34. The largest absolute Gasteiger partial charge is 0.368 e. The van der Waals surface area contributed by atoms with Crippen molar-refractivity contribution in [1.29, 1.82) is 0 Å². The molecule has 0 fully saturated rings. The minimum absolute atomic E-state index is 0.231. The number of benzene rings is 2. The van der Waals surface area contributed by atoms with E-state index in [-0.39, 0.29) is 5.82 Å². The predicted octanol–water partition coefficient (Wildman–Crippen LogP) is 3.62. The van der Waals surface area contributed by atoms with Crippen LogP contribution in [0.4, 0.5) is 10.1 Å². The maximum absolute atomic E-state index is 14.1. The van der Waals surface area contributed by atoms with E-state index in [9.17, 15) is 4.39 Å². The van der Waals surface area contributed by atoms with Gasteiger partial charge in [0.2, 0.25) is 0 Å². The first-order chi connectivity index (χ1) is 9.61. The number of hydrogen-bond acceptors (Lipinski definition) is 2. The highest BCUT2D eigenvalue weighted by Crippen LogP contribution is 2.23. The molecule has 0 atom stereocenters. The standard InChI is InChI=1S/C16H18ClFN2/c1-20(11-13-4-2-3-5-14(13)17)16-7-6-12(8-9-19)10-15(16)18/h2-7,10H,8-9,11,19H2,1H3. The predicted molar refractivity (Wildman–Crippen MR) is 82.7 cm³/mol. The topological polar surface area (TPSA) is 29.3 Å². The summed E-state index contributed by atoms with van der Waals surface area (Å²) in [5, 5.41) is 0.694. The molecule has 0 spiro atoms. The van der Waals surface area contributed by atoms with E-state index >= 15 is 0 Å². The fraction of sp³-hybridized carbons (Fsp3) is 0.250. The molecule has 0 aromatic heterocycles. The zero-order valence-corrected chi connectivity index (χ0v) is 12.2. The van der Waals surface area contributed by atoms with Gasteiger partial charge < -0.3 is 10.6 Å². The van der Waals surface area contributed by atoms with Crippen molar-refractivity contribution < 1.29 is 4.39 Å². The Hall–Kier alpha value is -1.58. The quantitative estimate of drug-likeness (QED) is 0.912. The zero-order valence-electron chi connectivity index (χ0n) is 11.4. The summed E-state index contributed by atoms with van der Waals surface area (Å²) >= 11 is 6.13. The van der Waals surface area contributed by atoms with Crippen LogP contribution in [0.25, 0.3) is 0 Å². The molecule has 2 rings (SSSR count). The van der Waals surface area contributed by atoms with Crippen molar-refractivity contribution in [3.8, 4) is 0 Å². The molecule has 0 aliphatic carbocycles. The van der Waals surface area contributed by atoms with Gasteiger partial charge in [-0.05, 0) is 42.3 Å². The normalized spacial score (nSPS) is 10.6. The summed E-state index contributed by atoms with van der Waals surface area (Å²) in [5.74, 6) is -0.231. The Kier molecular flexibility index (Phi) is 4.99. The second-order valence-electron chi connectivity index (χ2n) is 4.77. The van der Waals surface area contributed by atoms with Gasteiger partial charge in [0, 0.05) is 18.6 Å². The molecule has 20 heavy (non-hydrogen) atoms. The molecule has 0 radical (unpaired) electrons. The average molecular weight is 293 g/mol. The summed E-state index contributed by atoms with van der Waals surface area (Å²) in [5.41, 5.74) is 7.93. The van der Waals surface area contributed by atoms with Crippen LogP contribution in [0, 0.1) is 5.82 Å². The van der Waals surface area contributed by atoms with Gasteiger partial charge in [0.05, 0.1) is 5.69 Å². The number of halogens is 2. The molecule has 0 aliphatic rings. The summed E-state index contributed by atoms with van der Waals surface area (Å²) < 4.78 is 14.1. The molecule has 0 aliphatic heterocycles. The maximum Gasteiger partial charge on any atom is 0.146 e. The van der Waals surface area contributed by atoms with Crippen molar-refractivity contribution in [2.45, 2.75) is 13.0 Å². The van der Waals surface area contributed by atoms with E-state index in [1.165, 1.54) is 0 Å². The van der Waals surface area contributed by atoms with Gasteiger partial charge in [0.15, 0.2) is 0 Å². The third kappa shape index (κ3) is 3.50. The van der Waals surface area contributed by atoms with E-state index in [1.54, 1.807) is 12.1 Å². The molecule has 0 unspecified atom stereocenters. The van der Waals surface area contributed by atoms with Crippen molar-refractivity contribution in [3.63, 3.8) is 0 Å². The molecular weight excluding hydrogens is 275 g/mol. The third-order valence-electron chi connectivity index (χ3n) is 3.22. The number of anilines is 1. The number of nitrogens with two attached hydrogens (primary N) is 1. The lowest BCUT2D eigenvalue weighted by Gasteiger charge is -2.21. The van der Waals surface area contributed by atoms with E-state index in [0.717, 1.165) is 11.1 Å². The van der Waals surface area contributed by atoms with Crippen LogP contribution >= 0.6 is 11.6 Å². The summed E-state index contributed by atoms with van der Waals surface area (Å²) in [7, 11) is 1.85. The van der Waals surface area contributed by atoms with Crippen molar-refractivity contribution in [2.24, 2.45) is 5.73 Å². The van der Waals surface area contributed by atoms with Crippen LogP contribution in [-0.4, -0.2) is 13.6 Å². The van der Waals surface area contributed by atoms with E-state index in [1.807, 2.05) is 42.3 Å². The van der Waals surface area contributed by atoms with Crippen LogP contribution in [0.1, 0.15) is 11.1 Å². The number of nitrogens with zero attached hydrogens (tertiary/aromatic N) is 1. The second-order valence-corrected chi connectivity index (χ2v) is 5.18. The van der Waals surface area contributed by atoms with Gasteiger partial charge in [-0.1, -0.05) is 35.9 Å². The van der Waals surface area contributed by atoms with Crippen LogP contribution < -0.4 is 10.6 Å². The van der Waals surface area contributed by atoms with Crippen LogP contribution in [0.15, 0.2) is 42.5 Å². The van der Waals surface area contributed by atoms with E-state index < -0.39 is 0 Å². The van der Waals surface area contributed by atoms with Gasteiger partial charge in [-0.2, -0.15) is 0 Å². The maximum atomic E-state index is 14.1. The van der Waals surface area contributed by atoms with Crippen molar-refractivity contribution in [3.05, 3.63) is 64.4 Å². The first-order valence-electron chi connectivity index (χ1n) is 6.55. The Morgan fingerprint density at radius 1 is 1.20 bits per heavy atom. The highest BCUT2D eigenvalue weighted by molar-refractivity contribution is 6.31. The fourth-order valence-electron chi connectivity index (χ4n) is 2.15. The Bertz CT molecular complexity index is 586. The number of rotatable bonds is 5. The van der Waals surface area contributed by atoms with E-state index in [2.05, 4.69) is 0 Å². The molecule has 2 nitrogen and oxygen atoms in total. The minimum Gasteiger partial charge on any atom is -0.368 e. The molecule has 0 bridgehead atoms. The average Bonchev–Trinajstić information content (AvgIpc) is 2.42. The van der Waals surface area contributed by atoms with Gasteiger partial charge in [0.25, 0.3) is 0 Å². The Morgan fingerprint density at radius 3 is 2.60 bits per heavy atom. The van der Waals surface area contributed by atoms with Gasteiger partial charge >= 0.3 is 0 Å². The lowest BCUT2D eigenvalue weighted by Crippen LogP contribution is -2.18. The highest BCUT2D eigenvalue weighted by Gasteiger charge is 2.10. The van der Waals surface area contributed by atoms with Crippen molar-refractivity contribution >= 4 is 17.3 Å². The van der Waals surface area contributed by atoms with Gasteiger partial charge in [-0.25, -0.2) is 4.39 Å². The summed E-state index contributed by atoms with van der Waals surface area (Å²) in [4.78, 5) is 1.85. The van der Waals surface area contributed by atoms with Crippen LogP contribution in [0.3, 0.4) is 0 Å². The Labute approximate surface area is 124 Å². The van der Waals surface area contributed by atoms with Crippen LogP contribution in [-0.2, 0) is 13.0 Å². The van der Waals surface area contributed by atoms with Gasteiger partial charge in [-0.15, -0.1) is 0 Å². The summed E-state index contributed by atoms with van der Waals surface area (Å²) in [6.45, 7) is 1.08. The molecule has 2 N–H and O–H groups in total. The molecule has 106 valence electrons. The molecule has 0 heterocycles. The lowest BCUT2D eigenvalue weighted by atomic mass is 10.1. The zero-order chi connectivity index (χ0) is 14.5. The SMILES string of the molecule is CN(Cc1ccccc1Cl)c1ccc(CCN)cc1F. The summed E-state index contributed by atoms with van der Waals surface area (Å²) in [6, 6.07) is 12.8. The Balaban J connectivity index is 2.17. The van der Waals surface area contributed by atoms with Gasteiger partial charge in [-0.3, -0.25) is 0 Å². The number of hydrogen-bond donors (Lipinski definition) is 1. The lowest BCUT2D eigenvalue weighted by molar-refractivity contribution is 0.620. The Morgan fingerprint density at radius 2 is 1.95 bits per heavy atom. The van der Waals surface area contributed by atoms with Crippen molar-refractivity contribution in [2.75, 3.05) is 18.5 Å². The second kappa shape index (κ2) is 6.73. The molecule has 0 saturated carbocycles. The highest BCUT2D eigenvalue weighted by atomic mass is 35.5. The van der Waals surface area contributed by atoms with Crippen molar-refractivity contribution in [1.82, 2.24) is 0 Å². The first kappa shape index (κ1) is 14.8. The molecule has 0 saturated heterocycles. The monoisotopic (exact) mass is 292 g/mol. The van der Waals surface area contributed by atoms with Crippen LogP contribution in [0.5, 0.6) is 0 Å². The summed E-state index contributed by atoms with van der Waals surface area (Å²) in [6.07, 6.45) is 0.686. The van der Waals surface area contributed by atoms with Crippen LogP contribution in [0.2, 0.25) is 5.02 Å². The van der Waals surface area contributed by atoms with E-state index in [0.29, 0.717) is 30.2 Å².